The number of nitrogens with zero attached hydrogens (tertiary/aromatic N) is 2. The number of hydrogen-bond acceptors (Lipinski definition) is 2. The Kier molecular flexibility index (Phi) is 2.69. The van der Waals surface area contributed by atoms with Crippen molar-refractivity contribution in [1.29, 1.82) is 0 Å². The Morgan fingerprint density at radius 1 is 1.29 bits per heavy atom. The lowest BCUT2D eigenvalue weighted by Gasteiger charge is -2.15. The number of halogens is 3. The molecule has 0 saturated carbocycles. The van der Waals surface area contributed by atoms with Crippen molar-refractivity contribution >= 4 is 5.82 Å². The summed E-state index contributed by atoms with van der Waals surface area (Å²) >= 11 is 0. The minimum atomic E-state index is -4.32. The number of alkyl halides is 3. The van der Waals surface area contributed by atoms with Gasteiger partial charge in [0.1, 0.15) is 5.82 Å². The van der Waals surface area contributed by atoms with E-state index in [-0.39, 0.29) is 0 Å². The molecule has 0 aliphatic heterocycles. The fraction of sp³-hybridized carbons (Fsp3) is 0.444. The van der Waals surface area contributed by atoms with Crippen LogP contribution in [-0.4, -0.2) is 19.1 Å². The second kappa shape index (κ2) is 3.48. The van der Waals surface area contributed by atoms with Crippen LogP contribution in [0, 0.1) is 6.92 Å². The fourth-order valence-corrected chi connectivity index (χ4v) is 1.19. The van der Waals surface area contributed by atoms with Gasteiger partial charge < -0.3 is 4.90 Å². The smallest absolute Gasteiger partial charge is 0.363 e. The van der Waals surface area contributed by atoms with Gasteiger partial charge in [-0.2, -0.15) is 13.2 Å². The normalized spacial score (nSPS) is 11.6. The molecule has 1 heterocycles. The molecule has 0 aliphatic rings. The Bertz CT molecular complexity index is 331. The van der Waals surface area contributed by atoms with Crippen molar-refractivity contribution in [2.75, 3.05) is 19.0 Å². The van der Waals surface area contributed by atoms with Gasteiger partial charge in [0, 0.05) is 20.3 Å². The van der Waals surface area contributed by atoms with Crippen molar-refractivity contribution in [2.24, 2.45) is 0 Å². The Morgan fingerprint density at radius 3 is 2.21 bits per heavy atom. The molecule has 0 unspecified atom stereocenters. The molecule has 0 saturated heterocycles. The summed E-state index contributed by atoms with van der Waals surface area (Å²) in [5.74, 6) is 0.554. The second-order valence-corrected chi connectivity index (χ2v) is 3.26. The molecule has 0 radical (unpaired) electrons. The number of hydrogen-bond donors (Lipinski definition) is 0. The van der Waals surface area contributed by atoms with Crippen molar-refractivity contribution in [1.82, 2.24) is 4.98 Å². The summed E-state index contributed by atoms with van der Waals surface area (Å²) in [6.45, 7) is 1.61. The number of rotatable bonds is 1. The summed E-state index contributed by atoms with van der Waals surface area (Å²) in [4.78, 5) is 5.43. The van der Waals surface area contributed by atoms with Crippen LogP contribution in [0.15, 0.2) is 12.3 Å². The van der Waals surface area contributed by atoms with E-state index >= 15 is 0 Å². The van der Waals surface area contributed by atoms with Crippen LogP contribution in [0.2, 0.25) is 0 Å². The van der Waals surface area contributed by atoms with Gasteiger partial charge >= 0.3 is 6.18 Å². The molecular formula is C9H11F3N2. The molecule has 2 nitrogen and oxygen atoms in total. The van der Waals surface area contributed by atoms with Crippen molar-refractivity contribution < 1.29 is 13.2 Å². The van der Waals surface area contributed by atoms with Gasteiger partial charge in [0.15, 0.2) is 0 Å². The molecule has 0 aliphatic carbocycles. The van der Waals surface area contributed by atoms with E-state index < -0.39 is 11.7 Å². The van der Waals surface area contributed by atoms with Crippen LogP contribution < -0.4 is 4.90 Å². The monoisotopic (exact) mass is 204 g/mol. The zero-order valence-electron chi connectivity index (χ0n) is 8.18. The van der Waals surface area contributed by atoms with E-state index in [4.69, 9.17) is 0 Å². The summed E-state index contributed by atoms with van der Waals surface area (Å²) < 4.78 is 36.7. The van der Waals surface area contributed by atoms with E-state index in [2.05, 4.69) is 4.98 Å². The molecule has 0 N–H and O–H groups in total. The van der Waals surface area contributed by atoms with Crippen LogP contribution in [0.4, 0.5) is 19.0 Å². The molecular weight excluding hydrogens is 193 g/mol. The third-order valence-electron chi connectivity index (χ3n) is 1.80. The molecule has 1 aromatic rings. The molecule has 14 heavy (non-hydrogen) atoms. The number of aromatic nitrogens is 1. The van der Waals surface area contributed by atoms with E-state index in [0.29, 0.717) is 11.4 Å². The zero-order chi connectivity index (χ0) is 10.9. The summed E-state index contributed by atoms with van der Waals surface area (Å²) in [5, 5.41) is 0. The Morgan fingerprint density at radius 2 is 1.86 bits per heavy atom. The van der Waals surface area contributed by atoms with Crippen LogP contribution in [0.5, 0.6) is 0 Å². The molecule has 0 amide bonds. The molecule has 1 rings (SSSR count). The third-order valence-corrected chi connectivity index (χ3v) is 1.80. The van der Waals surface area contributed by atoms with Gasteiger partial charge in [-0.25, -0.2) is 4.98 Å². The Balaban J connectivity index is 3.13. The van der Waals surface area contributed by atoms with Crippen LogP contribution >= 0.6 is 0 Å². The van der Waals surface area contributed by atoms with Crippen molar-refractivity contribution in [2.45, 2.75) is 13.1 Å². The SMILES string of the molecule is Cc1cc(C(F)(F)F)cnc1N(C)C. The molecule has 0 spiro atoms. The van der Waals surface area contributed by atoms with E-state index in [9.17, 15) is 13.2 Å². The minimum Gasteiger partial charge on any atom is -0.363 e. The lowest BCUT2D eigenvalue weighted by atomic mass is 10.2. The maximum absolute atomic E-state index is 12.2. The van der Waals surface area contributed by atoms with Crippen LogP contribution in [-0.2, 0) is 6.18 Å². The summed E-state index contributed by atoms with van der Waals surface area (Å²) in [6, 6.07) is 1.10. The highest BCUT2D eigenvalue weighted by atomic mass is 19.4. The van der Waals surface area contributed by atoms with Crippen molar-refractivity contribution in [3.05, 3.63) is 23.4 Å². The van der Waals surface area contributed by atoms with Crippen LogP contribution in [0.3, 0.4) is 0 Å². The summed E-state index contributed by atoms with van der Waals surface area (Å²) in [5.41, 5.74) is -0.189. The molecule has 0 fully saturated rings. The van der Waals surface area contributed by atoms with Gasteiger partial charge in [-0.1, -0.05) is 0 Å². The van der Waals surface area contributed by atoms with Gasteiger partial charge in [0.05, 0.1) is 5.56 Å². The average Bonchev–Trinajstić information content (AvgIpc) is 2.01. The number of anilines is 1. The molecule has 0 bridgehead atoms. The lowest BCUT2D eigenvalue weighted by Crippen LogP contribution is -2.14. The lowest BCUT2D eigenvalue weighted by molar-refractivity contribution is -0.137. The van der Waals surface area contributed by atoms with Gasteiger partial charge in [0.2, 0.25) is 0 Å². The minimum absolute atomic E-state index is 0.518. The maximum Gasteiger partial charge on any atom is 0.417 e. The number of aryl methyl sites for hydroxylation is 1. The van der Waals surface area contributed by atoms with E-state index in [1.165, 1.54) is 0 Å². The van der Waals surface area contributed by atoms with Gasteiger partial charge in [-0.3, -0.25) is 0 Å². The highest BCUT2D eigenvalue weighted by Gasteiger charge is 2.31. The first-order chi connectivity index (χ1) is 6.32. The predicted molar refractivity (Wildman–Crippen MR) is 48.3 cm³/mol. The molecule has 5 heteroatoms. The number of pyridine rings is 1. The first kappa shape index (κ1) is 10.8. The van der Waals surface area contributed by atoms with Gasteiger partial charge in [0.25, 0.3) is 0 Å². The van der Waals surface area contributed by atoms with E-state index in [1.807, 2.05) is 0 Å². The standard InChI is InChI=1S/C9H11F3N2/c1-6-4-7(9(10,11)12)5-13-8(6)14(2)3/h4-5H,1-3H3. The van der Waals surface area contributed by atoms with Crippen LogP contribution in [0.25, 0.3) is 0 Å². The Labute approximate surface area is 80.4 Å². The zero-order valence-corrected chi connectivity index (χ0v) is 8.18. The second-order valence-electron chi connectivity index (χ2n) is 3.26. The van der Waals surface area contributed by atoms with Gasteiger partial charge in [-0.05, 0) is 18.6 Å². The largest absolute Gasteiger partial charge is 0.417 e. The molecule has 78 valence electrons. The predicted octanol–water partition coefficient (Wildman–Crippen LogP) is 2.47. The first-order valence-electron chi connectivity index (χ1n) is 4.03. The van der Waals surface area contributed by atoms with Crippen LogP contribution in [0.1, 0.15) is 11.1 Å². The molecule has 0 atom stereocenters. The van der Waals surface area contributed by atoms with Crippen molar-refractivity contribution in [3.8, 4) is 0 Å². The molecule has 0 aromatic carbocycles. The maximum atomic E-state index is 12.2. The van der Waals surface area contributed by atoms with Crippen molar-refractivity contribution in [3.63, 3.8) is 0 Å². The van der Waals surface area contributed by atoms with E-state index in [0.717, 1.165) is 12.3 Å². The summed E-state index contributed by atoms with van der Waals surface area (Å²) in [6.07, 6.45) is -3.47. The first-order valence-corrected chi connectivity index (χ1v) is 4.03. The van der Waals surface area contributed by atoms with Gasteiger partial charge in [-0.15, -0.1) is 0 Å². The third kappa shape index (κ3) is 2.16. The highest BCUT2D eigenvalue weighted by molar-refractivity contribution is 5.46. The quantitative estimate of drug-likeness (QED) is 0.698. The fourth-order valence-electron chi connectivity index (χ4n) is 1.19. The topological polar surface area (TPSA) is 16.1 Å². The Hall–Kier alpha value is -1.26. The summed E-state index contributed by atoms with van der Waals surface area (Å²) in [7, 11) is 3.48. The average molecular weight is 204 g/mol. The highest BCUT2D eigenvalue weighted by Crippen LogP contribution is 2.30. The molecule has 1 aromatic heterocycles. The van der Waals surface area contributed by atoms with E-state index in [1.54, 1.807) is 25.9 Å².